The quantitative estimate of drug-likeness (QED) is 0.786. The van der Waals surface area contributed by atoms with Crippen LogP contribution in [0.2, 0.25) is 0 Å². The highest BCUT2D eigenvalue weighted by Crippen LogP contribution is 2.39. The van der Waals surface area contributed by atoms with Crippen LogP contribution in [0.1, 0.15) is 29.3 Å². The summed E-state index contributed by atoms with van der Waals surface area (Å²) in [6.07, 6.45) is 3.05. The fraction of sp³-hybridized carbons (Fsp3) is 0.368. The van der Waals surface area contributed by atoms with Crippen molar-refractivity contribution in [2.45, 2.75) is 31.1 Å². The number of nitrogens with zero attached hydrogens (tertiary/aromatic N) is 1. The average molecular weight is 373 g/mol. The first-order chi connectivity index (χ1) is 12.1. The van der Waals surface area contributed by atoms with Crippen molar-refractivity contribution < 1.29 is 9.53 Å². The summed E-state index contributed by atoms with van der Waals surface area (Å²) in [5, 5.41) is 13.1. The SMILES string of the molecule is COc1ccc(SCC(=O)Nc2sc3c(c2C#N)CC[C@H](C)C3)cc1. The number of rotatable bonds is 5. The van der Waals surface area contributed by atoms with E-state index in [1.54, 1.807) is 18.4 Å². The molecule has 4 nitrogen and oxygen atoms in total. The summed E-state index contributed by atoms with van der Waals surface area (Å²) in [5.74, 6) is 1.68. The summed E-state index contributed by atoms with van der Waals surface area (Å²) in [6, 6.07) is 9.91. The lowest BCUT2D eigenvalue weighted by atomic mass is 9.89. The van der Waals surface area contributed by atoms with Crippen molar-refractivity contribution in [1.29, 1.82) is 5.26 Å². The molecule has 0 fully saturated rings. The van der Waals surface area contributed by atoms with Crippen molar-refractivity contribution in [3.05, 3.63) is 40.3 Å². The summed E-state index contributed by atoms with van der Waals surface area (Å²) >= 11 is 3.03. The maximum Gasteiger partial charge on any atom is 0.235 e. The van der Waals surface area contributed by atoms with Crippen LogP contribution in [0.15, 0.2) is 29.2 Å². The standard InChI is InChI=1S/C19H20N2O2S2/c1-12-3-8-15-16(10-20)19(25-17(15)9-12)21-18(22)11-24-14-6-4-13(23-2)5-7-14/h4-7,12H,3,8-9,11H2,1-2H3,(H,21,22)/t12-/m0/s1. The average Bonchev–Trinajstić information content (AvgIpc) is 2.96. The van der Waals surface area contributed by atoms with E-state index in [1.165, 1.54) is 16.6 Å². The molecule has 2 aromatic rings. The van der Waals surface area contributed by atoms with Crippen LogP contribution in [0.5, 0.6) is 5.75 Å². The largest absolute Gasteiger partial charge is 0.497 e. The maximum absolute atomic E-state index is 12.3. The molecule has 6 heteroatoms. The predicted molar refractivity (Wildman–Crippen MR) is 103 cm³/mol. The zero-order valence-electron chi connectivity index (χ0n) is 14.3. The molecule has 0 spiro atoms. The summed E-state index contributed by atoms with van der Waals surface area (Å²) in [7, 11) is 1.63. The monoisotopic (exact) mass is 372 g/mol. The second kappa shape index (κ2) is 7.94. The van der Waals surface area contributed by atoms with Crippen LogP contribution >= 0.6 is 23.1 Å². The Balaban J connectivity index is 1.64. The molecule has 1 aliphatic carbocycles. The van der Waals surface area contributed by atoms with Gasteiger partial charge in [-0.3, -0.25) is 4.79 Å². The number of methoxy groups -OCH3 is 1. The Kier molecular flexibility index (Phi) is 5.67. The Morgan fingerprint density at radius 1 is 1.44 bits per heavy atom. The molecule has 0 radical (unpaired) electrons. The summed E-state index contributed by atoms with van der Waals surface area (Å²) < 4.78 is 5.13. The van der Waals surface area contributed by atoms with E-state index in [4.69, 9.17) is 4.74 Å². The molecule has 1 atom stereocenters. The van der Waals surface area contributed by atoms with Gasteiger partial charge in [0.1, 0.15) is 16.8 Å². The fourth-order valence-electron chi connectivity index (χ4n) is 2.94. The number of hydrogen-bond acceptors (Lipinski definition) is 5. The molecule has 1 aromatic heterocycles. The van der Waals surface area contributed by atoms with Gasteiger partial charge in [-0.2, -0.15) is 5.26 Å². The lowest BCUT2D eigenvalue weighted by molar-refractivity contribution is -0.113. The number of nitriles is 1. The molecule has 1 N–H and O–H groups in total. The first-order valence-corrected chi connectivity index (χ1v) is 10.0. The smallest absolute Gasteiger partial charge is 0.235 e. The Labute approximate surface area is 156 Å². The van der Waals surface area contributed by atoms with Crippen LogP contribution in [0.25, 0.3) is 0 Å². The van der Waals surface area contributed by atoms with E-state index < -0.39 is 0 Å². The molecule has 25 heavy (non-hydrogen) atoms. The Hall–Kier alpha value is -1.97. The highest BCUT2D eigenvalue weighted by atomic mass is 32.2. The number of hydrogen-bond donors (Lipinski definition) is 1. The molecule has 0 saturated carbocycles. The lowest BCUT2D eigenvalue weighted by Gasteiger charge is -2.17. The molecule has 1 aliphatic rings. The molecule has 1 aromatic carbocycles. The molecule has 0 saturated heterocycles. The second-order valence-corrected chi connectivity index (χ2v) is 8.33. The second-order valence-electron chi connectivity index (χ2n) is 6.18. The van der Waals surface area contributed by atoms with Crippen LogP contribution in [-0.4, -0.2) is 18.8 Å². The molecule has 0 unspecified atom stereocenters. The number of amides is 1. The minimum atomic E-state index is -0.0797. The number of nitrogens with one attached hydrogen (secondary N) is 1. The predicted octanol–water partition coefficient (Wildman–Crippen LogP) is 4.48. The van der Waals surface area contributed by atoms with Crippen molar-refractivity contribution in [2.75, 3.05) is 18.2 Å². The minimum absolute atomic E-state index is 0.0797. The number of thioether (sulfide) groups is 1. The van der Waals surface area contributed by atoms with E-state index in [1.807, 2.05) is 24.3 Å². The molecule has 1 heterocycles. The van der Waals surface area contributed by atoms with Gasteiger partial charge in [0.05, 0.1) is 18.4 Å². The van der Waals surface area contributed by atoms with Crippen molar-refractivity contribution in [2.24, 2.45) is 5.92 Å². The van der Waals surface area contributed by atoms with E-state index in [-0.39, 0.29) is 5.91 Å². The van der Waals surface area contributed by atoms with Gasteiger partial charge in [-0.1, -0.05) is 6.92 Å². The van der Waals surface area contributed by atoms with Gasteiger partial charge in [0.2, 0.25) is 5.91 Å². The third-order valence-electron chi connectivity index (χ3n) is 4.31. The Bertz CT molecular complexity index is 806. The Morgan fingerprint density at radius 2 is 2.20 bits per heavy atom. The van der Waals surface area contributed by atoms with Gasteiger partial charge in [-0.15, -0.1) is 23.1 Å². The highest BCUT2D eigenvalue weighted by molar-refractivity contribution is 8.00. The van der Waals surface area contributed by atoms with Gasteiger partial charge in [-0.25, -0.2) is 0 Å². The lowest BCUT2D eigenvalue weighted by Crippen LogP contribution is -2.14. The van der Waals surface area contributed by atoms with Crippen LogP contribution < -0.4 is 10.1 Å². The third kappa shape index (κ3) is 4.17. The van der Waals surface area contributed by atoms with Crippen molar-refractivity contribution in [3.8, 4) is 11.8 Å². The number of fused-ring (bicyclic) bond motifs is 1. The Morgan fingerprint density at radius 3 is 2.88 bits per heavy atom. The highest BCUT2D eigenvalue weighted by Gasteiger charge is 2.24. The first-order valence-electron chi connectivity index (χ1n) is 8.22. The zero-order chi connectivity index (χ0) is 17.8. The van der Waals surface area contributed by atoms with Crippen molar-refractivity contribution in [3.63, 3.8) is 0 Å². The third-order valence-corrected chi connectivity index (χ3v) is 6.49. The van der Waals surface area contributed by atoms with Crippen LogP contribution in [0, 0.1) is 17.2 Å². The van der Waals surface area contributed by atoms with Gasteiger partial charge in [0.15, 0.2) is 0 Å². The molecule has 0 aliphatic heterocycles. The van der Waals surface area contributed by atoms with Crippen LogP contribution in [0.4, 0.5) is 5.00 Å². The molecular formula is C19H20N2O2S2. The molecule has 0 bridgehead atoms. The number of carbonyl (C=O) groups excluding carboxylic acids is 1. The fourth-order valence-corrected chi connectivity index (χ4v) is 5.02. The number of anilines is 1. The molecule has 1 amide bonds. The molecular weight excluding hydrogens is 352 g/mol. The first kappa shape index (κ1) is 17.8. The summed E-state index contributed by atoms with van der Waals surface area (Å²) in [5.41, 5.74) is 1.80. The van der Waals surface area contributed by atoms with E-state index in [2.05, 4.69) is 18.3 Å². The van der Waals surface area contributed by atoms with Gasteiger partial charge in [-0.05, 0) is 55.0 Å². The van der Waals surface area contributed by atoms with E-state index in [9.17, 15) is 10.1 Å². The van der Waals surface area contributed by atoms with Gasteiger partial charge >= 0.3 is 0 Å². The number of benzene rings is 1. The van der Waals surface area contributed by atoms with Gasteiger partial charge in [0, 0.05) is 9.77 Å². The van der Waals surface area contributed by atoms with Crippen molar-refractivity contribution >= 4 is 34.0 Å². The molecule has 130 valence electrons. The van der Waals surface area contributed by atoms with E-state index in [0.717, 1.165) is 35.5 Å². The normalized spacial score (nSPS) is 16.0. The number of thiophene rings is 1. The van der Waals surface area contributed by atoms with Crippen LogP contribution in [0.3, 0.4) is 0 Å². The zero-order valence-corrected chi connectivity index (χ0v) is 15.9. The summed E-state index contributed by atoms with van der Waals surface area (Å²) in [6.45, 7) is 2.23. The molecule has 3 rings (SSSR count). The van der Waals surface area contributed by atoms with E-state index in [0.29, 0.717) is 22.2 Å². The topological polar surface area (TPSA) is 62.1 Å². The summed E-state index contributed by atoms with van der Waals surface area (Å²) in [4.78, 5) is 14.6. The van der Waals surface area contributed by atoms with Crippen LogP contribution in [-0.2, 0) is 17.6 Å². The number of carbonyl (C=O) groups is 1. The van der Waals surface area contributed by atoms with E-state index >= 15 is 0 Å². The van der Waals surface area contributed by atoms with Crippen molar-refractivity contribution in [1.82, 2.24) is 0 Å². The maximum atomic E-state index is 12.3. The van der Waals surface area contributed by atoms with Gasteiger partial charge < -0.3 is 10.1 Å². The number of ether oxygens (including phenoxy) is 1. The minimum Gasteiger partial charge on any atom is -0.497 e. The van der Waals surface area contributed by atoms with Gasteiger partial charge in [0.25, 0.3) is 0 Å².